The van der Waals surface area contributed by atoms with E-state index in [4.69, 9.17) is 11.6 Å². The highest BCUT2D eigenvalue weighted by Crippen LogP contribution is 2.37. The SMILES string of the molecule is CC(=O)Nc1ccc(C(F)(F)P)cc1Cl. The molecule has 2 nitrogen and oxygen atoms in total. The van der Waals surface area contributed by atoms with Crippen LogP contribution in [-0.4, -0.2) is 5.91 Å². The van der Waals surface area contributed by atoms with E-state index in [-0.39, 0.29) is 16.5 Å². The maximum absolute atomic E-state index is 12.8. The zero-order valence-electron chi connectivity index (χ0n) is 7.85. The molecule has 0 bridgehead atoms. The van der Waals surface area contributed by atoms with Crippen molar-refractivity contribution in [3.05, 3.63) is 28.8 Å². The average molecular weight is 252 g/mol. The van der Waals surface area contributed by atoms with E-state index in [0.29, 0.717) is 5.69 Å². The third-order valence-corrected chi connectivity index (χ3v) is 2.31. The summed E-state index contributed by atoms with van der Waals surface area (Å²) in [5, 5.41) is 2.52. The standard InChI is InChI=1S/C9H9ClF2NOP/c1-5(14)13-8-3-2-6(4-7(8)10)9(11,12)15/h2-4H,15H2,1H3,(H,13,14). The first-order chi connectivity index (χ1) is 6.80. The van der Waals surface area contributed by atoms with Gasteiger partial charge in [-0.1, -0.05) is 26.9 Å². The van der Waals surface area contributed by atoms with Crippen molar-refractivity contribution in [2.75, 3.05) is 5.32 Å². The van der Waals surface area contributed by atoms with Crippen molar-refractivity contribution < 1.29 is 13.6 Å². The Morgan fingerprint density at radius 1 is 1.53 bits per heavy atom. The van der Waals surface area contributed by atoms with Crippen LogP contribution in [0.5, 0.6) is 0 Å². The molecule has 6 heteroatoms. The van der Waals surface area contributed by atoms with Gasteiger partial charge < -0.3 is 5.32 Å². The fraction of sp³-hybridized carbons (Fsp3) is 0.222. The van der Waals surface area contributed by atoms with Crippen molar-refractivity contribution in [3.63, 3.8) is 0 Å². The number of benzene rings is 1. The van der Waals surface area contributed by atoms with Crippen molar-refractivity contribution >= 4 is 32.4 Å². The number of amides is 1. The second-order valence-electron chi connectivity index (χ2n) is 3.00. The molecule has 1 aromatic rings. The van der Waals surface area contributed by atoms with Gasteiger partial charge in [-0.3, -0.25) is 4.79 Å². The number of nitrogens with one attached hydrogen (secondary N) is 1. The van der Waals surface area contributed by atoms with Crippen LogP contribution in [0.4, 0.5) is 14.5 Å². The smallest absolute Gasteiger partial charge is 0.283 e. The predicted octanol–water partition coefficient (Wildman–Crippen LogP) is 3.22. The van der Waals surface area contributed by atoms with E-state index in [1.54, 1.807) is 0 Å². The van der Waals surface area contributed by atoms with Crippen LogP contribution < -0.4 is 5.32 Å². The summed E-state index contributed by atoms with van der Waals surface area (Å²) < 4.78 is 25.7. The molecule has 0 aromatic heterocycles. The highest BCUT2D eigenvalue weighted by Gasteiger charge is 2.25. The molecule has 0 spiro atoms. The monoisotopic (exact) mass is 251 g/mol. The average Bonchev–Trinajstić information content (AvgIpc) is 2.05. The molecule has 1 atom stereocenters. The summed E-state index contributed by atoms with van der Waals surface area (Å²) in [6.45, 7) is 1.31. The van der Waals surface area contributed by atoms with Gasteiger partial charge in [-0.05, 0) is 12.1 Å². The first kappa shape index (κ1) is 12.3. The third-order valence-electron chi connectivity index (χ3n) is 1.66. The van der Waals surface area contributed by atoms with E-state index in [2.05, 4.69) is 5.32 Å². The van der Waals surface area contributed by atoms with Gasteiger partial charge in [0.15, 0.2) is 0 Å². The first-order valence-electron chi connectivity index (χ1n) is 4.05. The number of anilines is 1. The molecule has 1 N–H and O–H groups in total. The zero-order chi connectivity index (χ0) is 11.6. The van der Waals surface area contributed by atoms with Gasteiger partial charge in [0.25, 0.3) is 5.66 Å². The van der Waals surface area contributed by atoms with Gasteiger partial charge in [0, 0.05) is 12.5 Å². The van der Waals surface area contributed by atoms with Crippen LogP contribution in [0.1, 0.15) is 12.5 Å². The molecule has 0 radical (unpaired) electrons. The number of hydrogen-bond acceptors (Lipinski definition) is 1. The van der Waals surface area contributed by atoms with Crippen LogP contribution >= 0.6 is 20.8 Å². The quantitative estimate of drug-likeness (QED) is 0.804. The first-order valence-corrected chi connectivity index (χ1v) is 5.00. The second kappa shape index (κ2) is 4.42. The number of hydrogen-bond donors (Lipinski definition) is 1. The molecule has 0 saturated heterocycles. The molecule has 1 amide bonds. The van der Waals surface area contributed by atoms with Gasteiger partial charge in [-0.15, -0.1) is 0 Å². The van der Waals surface area contributed by atoms with Crippen molar-refractivity contribution in [1.82, 2.24) is 0 Å². The highest BCUT2D eigenvalue weighted by molar-refractivity contribution is 7.17. The van der Waals surface area contributed by atoms with Crippen molar-refractivity contribution in [1.29, 1.82) is 0 Å². The topological polar surface area (TPSA) is 29.1 Å². The molecule has 15 heavy (non-hydrogen) atoms. The van der Waals surface area contributed by atoms with Crippen LogP contribution in [0, 0.1) is 0 Å². The predicted molar refractivity (Wildman–Crippen MR) is 59.4 cm³/mol. The largest absolute Gasteiger partial charge is 0.325 e. The van der Waals surface area contributed by atoms with Gasteiger partial charge in [0.05, 0.1) is 10.7 Å². The van der Waals surface area contributed by atoms with Gasteiger partial charge in [0.2, 0.25) is 5.91 Å². The molecule has 0 saturated carbocycles. The molecule has 0 aliphatic heterocycles. The normalized spacial score (nSPS) is 11.3. The fourth-order valence-electron chi connectivity index (χ4n) is 1.01. The molecule has 82 valence electrons. The summed E-state index contributed by atoms with van der Waals surface area (Å²) in [4.78, 5) is 10.7. The summed E-state index contributed by atoms with van der Waals surface area (Å²) >= 11 is 5.72. The molecule has 0 fully saturated rings. The Bertz CT molecular complexity index is 392. The lowest BCUT2D eigenvalue weighted by Crippen LogP contribution is -2.08. The maximum Gasteiger partial charge on any atom is 0.283 e. The number of carbonyl (C=O) groups is 1. The Balaban J connectivity index is 3.03. The second-order valence-corrected chi connectivity index (χ2v) is 4.13. The lowest BCUT2D eigenvalue weighted by atomic mass is 10.2. The molecule has 0 aliphatic rings. The van der Waals surface area contributed by atoms with E-state index in [9.17, 15) is 13.6 Å². The van der Waals surface area contributed by atoms with E-state index >= 15 is 0 Å². The highest BCUT2D eigenvalue weighted by atomic mass is 35.5. The van der Waals surface area contributed by atoms with Crippen LogP contribution in [0.2, 0.25) is 5.02 Å². The van der Waals surface area contributed by atoms with Gasteiger partial charge >= 0.3 is 0 Å². The Labute approximate surface area is 93.2 Å². The zero-order valence-corrected chi connectivity index (χ0v) is 9.76. The van der Waals surface area contributed by atoms with Crippen LogP contribution in [-0.2, 0) is 10.5 Å². The lowest BCUT2D eigenvalue weighted by molar-refractivity contribution is -0.114. The number of halogens is 3. The summed E-state index contributed by atoms with van der Waals surface area (Å²) in [7, 11) is 1.42. The maximum atomic E-state index is 12.8. The Hall–Kier alpha value is -0.730. The third kappa shape index (κ3) is 3.40. The minimum absolute atomic E-state index is 0.0878. The minimum Gasteiger partial charge on any atom is -0.325 e. The van der Waals surface area contributed by atoms with Crippen molar-refractivity contribution in [2.45, 2.75) is 12.6 Å². The minimum atomic E-state index is -3.02. The fourth-order valence-corrected chi connectivity index (χ4v) is 1.42. The molecule has 1 unspecified atom stereocenters. The Kier molecular flexibility index (Phi) is 3.63. The summed E-state index contributed by atoms with van der Waals surface area (Å²) in [6.07, 6.45) is 0. The number of rotatable bonds is 2. The number of carbonyl (C=O) groups excluding carboxylic acids is 1. The molecular formula is C9H9ClF2NOP. The van der Waals surface area contributed by atoms with Crippen LogP contribution in [0.15, 0.2) is 18.2 Å². The molecule has 0 aliphatic carbocycles. The number of alkyl halides is 2. The van der Waals surface area contributed by atoms with E-state index < -0.39 is 5.66 Å². The van der Waals surface area contributed by atoms with E-state index in [1.807, 2.05) is 0 Å². The Morgan fingerprint density at radius 3 is 2.53 bits per heavy atom. The van der Waals surface area contributed by atoms with Crippen LogP contribution in [0.3, 0.4) is 0 Å². The molecule has 0 heterocycles. The summed E-state index contributed by atoms with van der Waals surface area (Å²) in [5.74, 6) is -0.303. The van der Waals surface area contributed by atoms with Crippen LogP contribution in [0.25, 0.3) is 0 Å². The van der Waals surface area contributed by atoms with E-state index in [1.165, 1.54) is 28.3 Å². The molecular weight excluding hydrogens is 243 g/mol. The van der Waals surface area contributed by atoms with Crippen molar-refractivity contribution in [3.8, 4) is 0 Å². The van der Waals surface area contributed by atoms with Gasteiger partial charge in [0.1, 0.15) is 0 Å². The molecule has 1 rings (SSSR count). The summed E-state index contributed by atoms with van der Waals surface area (Å²) in [6, 6.07) is 3.68. The Morgan fingerprint density at radius 2 is 2.13 bits per heavy atom. The van der Waals surface area contributed by atoms with Gasteiger partial charge in [-0.2, -0.15) is 8.78 Å². The summed E-state index contributed by atoms with van der Waals surface area (Å²) in [5.41, 5.74) is -2.91. The molecule has 1 aromatic carbocycles. The van der Waals surface area contributed by atoms with Crippen molar-refractivity contribution in [2.24, 2.45) is 0 Å². The van der Waals surface area contributed by atoms with E-state index in [0.717, 1.165) is 6.07 Å². The van der Waals surface area contributed by atoms with Gasteiger partial charge in [-0.25, -0.2) is 0 Å². The lowest BCUT2D eigenvalue weighted by Gasteiger charge is -2.12.